The van der Waals surface area contributed by atoms with Gasteiger partial charge in [-0.2, -0.15) is 5.10 Å². The molecule has 2 aromatic rings. The van der Waals surface area contributed by atoms with Gasteiger partial charge in [-0.25, -0.2) is 0 Å². The fourth-order valence-corrected chi connectivity index (χ4v) is 3.42. The molecule has 0 bridgehead atoms. The van der Waals surface area contributed by atoms with E-state index in [0.717, 1.165) is 49.7 Å². The number of likely N-dealkylation sites (tertiary alicyclic amines) is 1. The number of piperidine rings is 1. The van der Waals surface area contributed by atoms with Crippen LogP contribution in [0.2, 0.25) is 0 Å². The minimum absolute atomic E-state index is 0.261. The van der Waals surface area contributed by atoms with Crippen LogP contribution < -0.4 is 10.1 Å². The van der Waals surface area contributed by atoms with Gasteiger partial charge in [0.2, 0.25) is 0 Å². The van der Waals surface area contributed by atoms with Crippen molar-refractivity contribution in [2.45, 2.75) is 19.4 Å². The minimum Gasteiger partial charge on any atom is -0.497 e. The lowest BCUT2D eigenvalue weighted by molar-refractivity contribution is 0.146. The number of aliphatic hydroxyl groups is 1. The lowest BCUT2D eigenvalue weighted by atomic mass is 9.96. The molecule has 25 heavy (non-hydrogen) atoms. The zero-order chi connectivity index (χ0) is 17.5. The van der Waals surface area contributed by atoms with Gasteiger partial charge >= 0.3 is 0 Å². The Hall–Kier alpha value is -1.89. The number of nitrogens with zero attached hydrogens (tertiary/aromatic N) is 2. The van der Waals surface area contributed by atoms with E-state index in [0.29, 0.717) is 5.92 Å². The fourth-order valence-electron chi connectivity index (χ4n) is 3.42. The summed E-state index contributed by atoms with van der Waals surface area (Å²) in [6.07, 6.45) is 4.30. The Morgan fingerprint density at radius 3 is 2.72 bits per heavy atom. The molecule has 1 aromatic carbocycles. The number of benzene rings is 1. The van der Waals surface area contributed by atoms with Gasteiger partial charge in [0.05, 0.1) is 25.6 Å². The third-order valence-corrected chi connectivity index (χ3v) is 4.97. The number of methoxy groups -OCH3 is 1. The summed E-state index contributed by atoms with van der Waals surface area (Å²) in [6.45, 7) is 5.10. The molecule has 3 rings (SSSR count). The van der Waals surface area contributed by atoms with E-state index in [2.05, 4.69) is 20.4 Å². The van der Waals surface area contributed by atoms with Gasteiger partial charge in [-0.05, 0) is 62.7 Å². The first-order valence-corrected chi connectivity index (χ1v) is 9.00. The molecule has 2 heterocycles. The maximum Gasteiger partial charge on any atom is 0.118 e. The topological polar surface area (TPSA) is 73.4 Å². The number of β-amino-alcohol motifs (C(OH)–C–C–N with tert-alkyl or cyclic N) is 1. The average molecular weight is 344 g/mol. The number of hydrogen-bond acceptors (Lipinski definition) is 5. The maximum atomic E-state index is 9.01. The Labute approximate surface area is 149 Å². The Morgan fingerprint density at radius 2 is 2.04 bits per heavy atom. The van der Waals surface area contributed by atoms with Crippen molar-refractivity contribution in [1.82, 2.24) is 20.4 Å². The average Bonchev–Trinajstić information content (AvgIpc) is 3.12. The normalized spacial score (nSPS) is 16.2. The Morgan fingerprint density at radius 1 is 1.28 bits per heavy atom. The SMILES string of the molecule is COc1ccc(-c2[nH]ncc2CNCC2CCN(CCO)CC2)cc1. The summed E-state index contributed by atoms with van der Waals surface area (Å²) in [6, 6.07) is 8.03. The predicted molar refractivity (Wildman–Crippen MR) is 98.5 cm³/mol. The highest BCUT2D eigenvalue weighted by atomic mass is 16.5. The summed E-state index contributed by atoms with van der Waals surface area (Å²) in [5, 5.41) is 19.9. The van der Waals surface area contributed by atoms with Crippen molar-refractivity contribution in [1.29, 1.82) is 0 Å². The monoisotopic (exact) mass is 344 g/mol. The van der Waals surface area contributed by atoms with Crippen molar-refractivity contribution in [2.24, 2.45) is 5.92 Å². The van der Waals surface area contributed by atoms with Gasteiger partial charge < -0.3 is 20.1 Å². The molecule has 0 amide bonds. The first-order valence-electron chi connectivity index (χ1n) is 9.00. The van der Waals surface area contributed by atoms with Crippen molar-refractivity contribution in [2.75, 3.05) is 39.9 Å². The molecule has 0 aliphatic carbocycles. The molecule has 0 spiro atoms. The summed E-state index contributed by atoms with van der Waals surface area (Å²) < 4.78 is 5.22. The number of nitrogens with one attached hydrogen (secondary N) is 2. The van der Waals surface area contributed by atoms with E-state index in [1.165, 1.54) is 18.4 Å². The third-order valence-electron chi connectivity index (χ3n) is 4.97. The molecule has 1 saturated heterocycles. The van der Waals surface area contributed by atoms with Gasteiger partial charge in [0.1, 0.15) is 5.75 Å². The zero-order valence-corrected chi connectivity index (χ0v) is 14.9. The lowest BCUT2D eigenvalue weighted by Crippen LogP contribution is -2.38. The number of aliphatic hydroxyl groups excluding tert-OH is 1. The first-order chi connectivity index (χ1) is 12.3. The number of H-pyrrole nitrogens is 1. The Balaban J connectivity index is 1.49. The van der Waals surface area contributed by atoms with Crippen LogP contribution in [0.1, 0.15) is 18.4 Å². The summed E-state index contributed by atoms with van der Waals surface area (Å²) in [7, 11) is 1.68. The molecular weight excluding hydrogens is 316 g/mol. The largest absolute Gasteiger partial charge is 0.497 e. The highest BCUT2D eigenvalue weighted by molar-refractivity contribution is 5.63. The van der Waals surface area contributed by atoms with Crippen LogP contribution >= 0.6 is 0 Å². The summed E-state index contributed by atoms with van der Waals surface area (Å²) in [4.78, 5) is 2.34. The second kappa shape index (κ2) is 8.99. The van der Waals surface area contributed by atoms with E-state index in [4.69, 9.17) is 9.84 Å². The molecule has 0 atom stereocenters. The van der Waals surface area contributed by atoms with Crippen LogP contribution in [-0.2, 0) is 6.54 Å². The zero-order valence-electron chi connectivity index (χ0n) is 14.9. The second-order valence-corrected chi connectivity index (χ2v) is 6.64. The smallest absolute Gasteiger partial charge is 0.118 e. The van der Waals surface area contributed by atoms with Crippen molar-refractivity contribution >= 4 is 0 Å². The van der Waals surface area contributed by atoms with Crippen LogP contribution in [0.15, 0.2) is 30.5 Å². The standard InChI is InChI=1S/C19H28N4O2/c1-25-18-4-2-16(3-5-18)19-17(14-21-22-19)13-20-12-15-6-8-23(9-7-15)10-11-24/h2-5,14-15,20,24H,6-13H2,1H3,(H,21,22). The molecule has 0 unspecified atom stereocenters. The minimum atomic E-state index is 0.261. The molecule has 6 nitrogen and oxygen atoms in total. The molecular formula is C19H28N4O2. The molecule has 1 aliphatic rings. The van der Waals surface area contributed by atoms with Crippen molar-refractivity contribution in [3.63, 3.8) is 0 Å². The van der Waals surface area contributed by atoms with E-state index < -0.39 is 0 Å². The lowest BCUT2D eigenvalue weighted by Gasteiger charge is -2.31. The van der Waals surface area contributed by atoms with Gasteiger partial charge in [0.25, 0.3) is 0 Å². The predicted octanol–water partition coefficient (Wildman–Crippen LogP) is 1.88. The highest BCUT2D eigenvalue weighted by Crippen LogP contribution is 2.24. The quantitative estimate of drug-likeness (QED) is 0.682. The number of rotatable bonds is 8. The van der Waals surface area contributed by atoms with Crippen LogP contribution in [0, 0.1) is 5.92 Å². The summed E-state index contributed by atoms with van der Waals surface area (Å²) in [5.41, 5.74) is 3.36. The van der Waals surface area contributed by atoms with Crippen molar-refractivity contribution < 1.29 is 9.84 Å². The van der Waals surface area contributed by atoms with Crippen molar-refractivity contribution in [3.8, 4) is 17.0 Å². The molecule has 1 aliphatic heterocycles. The number of hydrogen-bond donors (Lipinski definition) is 3. The van der Waals surface area contributed by atoms with Crippen LogP contribution in [0.3, 0.4) is 0 Å². The molecule has 1 aromatic heterocycles. The number of aromatic amines is 1. The second-order valence-electron chi connectivity index (χ2n) is 6.64. The van der Waals surface area contributed by atoms with Crippen molar-refractivity contribution in [3.05, 3.63) is 36.0 Å². The maximum absolute atomic E-state index is 9.01. The molecule has 0 radical (unpaired) electrons. The Kier molecular flexibility index (Phi) is 6.44. The van der Waals surface area contributed by atoms with Gasteiger partial charge in [-0.15, -0.1) is 0 Å². The molecule has 0 saturated carbocycles. The summed E-state index contributed by atoms with van der Waals surface area (Å²) >= 11 is 0. The van der Waals surface area contributed by atoms with E-state index in [1.807, 2.05) is 30.5 Å². The fraction of sp³-hybridized carbons (Fsp3) is 0.526. The van der Waals surface area contributed by atoms with E-state index in [1.54, 1.807) is 7.11 Å². The van der Waals surface area contributed by atoms with Gasteiger partial charge in [-0.1, -0.05) is 0 Å². The van der Waals surface area contributed by atoms with Gasteiger partial charge in [0.15, 0.2) is 0 Å². The third kappa shape index (κ3) is 4.81. The molecule has 3 N–H and O–H groups in total. The number of aromatic nitrogens is 2. The van der Waals surface area contributed by atoms with E-state index >= 15 is 0 Å². The van der Waals surface area contributed by atoms with Gasteiger partial charge in [-0.3, -0.25) is 5.10 Å². The molecule has 136 valence electrons. The van der Waals surface area contributed by atoms with Crippen LogP contribution in [0.5, 0.6) is 5.75 Å². The van der Waals surface area contributed by atoms with E-state index in [-0.39, 0.29) is 6.61 Å². The highest BCUT2D eigenvalue weighted by Gasteiger charge is 2.18. The summed E-state index contributed by atoms with van der Waals surface area (Å²) in [5.74, 6) is 1.57. The van der Waals surface area contributed by atoms with E-state index in [9.17, 15) is 0 Å². The molecule has 6 heteroatoms. The van der Waals surface area contributed by atoms with Crippen LogP contribution in [0.25, 0.3) is 11.3 Å². The number of ether oxygens (including phenoxy) is 1. The molecule has 1 fully saturated rings. The Bertz CT molecular complexity index is 633. The van der Waals surface area contributed by atoms with Crippen LogP contribution in [-0.4, -0.2) is 60.1 Å². The van der Waals surface area contributed by atoms with Crippen LogP contribution in [0.4, 0.5) is 0 Å². The first kappa shape index (κ1) is 17.9. The van der Waals surface area contributed by atoms with Gasteiger partial charge in [0, 0.05) is 24.2 Å².